The van der Waals surface area contributed by atoms with E-state index in [0.29, 0.717) is 9.75 Å². The predicted octanol–water partition coefficient (Wildman–Crippen LogP) is 1.81. The Hall–Kier alpha value is -1.71. The van der Waals surface area contributed by atoms with E-state index in [2.05, 4.69) is 0 Å². The molecule has 5 nitrogen and oxygen atoms in total. The van der Waals surface area contributed by atoms with Gasteiger partial charge < -0.3 is 36.0 Å². The van der Waals surface area contributed by atoms with E-state index in [0.717, 1.165) is 68.7 Å². The van der Waals surface area contributed by atoms with E-state index < -0.39 is 17.2 Å². The zero-order valence-electron chi connectivity index (χ0n) is 19.0. The van der Waals surface area contributed by atoms with Crippen molar-refractivity contribution in [2.45, 2.75) is 36.9 Å². The Morgan fingerprint density at radius 3 is 2.06 bits per heavy atom. The highest BCUT2D eigenvalue weighted by Gasteiger charge is 2.54. The molecule has 182 valence electrons. The minimum atomic E-state index is -1.73. The summed E-state index contributed by atoms with van der Waals surface area (Å²) in [6.45, 7) is 4.84. The number of thiophene rings is 2. The molecule has 0 aliphatic carbocycles. The normalized spacial score (nSPS) is 23.8. The second-order valence-corrected chi connectivity index (χ2v) is 11.1. The van der Waals surface area contributed by atoms with Gasteiger partial charge in [0.2, 0.25) is 5.60 Å². The first-order valence-corrected chi connectivity index (χ1v) is 13.4. The number of carbonyl (C=O) groups is 1. The van der Waals surface area contributed by atoms with Crippen molar-refractivity contribution in [3.63, 3.8) is 0 Å². The van der Waals surface area contributed by atoms with Crippen LogP contribution in [0, 0.1) is 0 Å². The summed E-state index contributed by atoms with van der Waals surface area (Å²) >= 11 is 2.77. The third-order valence-corrected chi connectivity index (χ3v) is 9.23. The van der Waals surface area contributed by atoms with Crippen molar-refractivity contribution >= 4 is 28.6 Å². The monoisotopic (exact) mass is 563 g/mol. The Kier molecular flexibility index (Phi) is 7.84. The lowest BCUT2D eigenvalue weighted by Gasteiger charge is -2.54. The topological polar surface area (TPSA) is 55.8 Å². The van der Waals surface area contributed by atoms with Crippen molar-refractivity contribution < 1.29 is 40.8 Å². The van der Waals surface area contributed by atoms with Crippen molar-refractivity contribution in [1.82, 2.24) is 0 Å². The maximum Gasteiger partial charge on any atom is 0.349 e. The number of quaternary nitrogens is 1. The quantitative estimate of drug-likeness (QED) is 0.245. The van der Waals surface area contributed by atoms with E-state index in [-0.39, 0.29) is 17.0 Å². The van der Waals surface area contributed by atoms with Crippen LogP contribution in [0.2, 0.25) is 0 Å². The van der Waals surface area contributed by atoms with Crippen molar-refractivity contribution in [3.8, 4) is 5.75 Å². The van der Waals surface area contributed by atoms with Gasteiger partial charge in [-0.25, -0.2) is 4.79 Å². The number of para-hydroxylation sites is 1. The minimum absolute atomic E-state index is 0. The summed E-state index contributed by atoms with van der Waals surface area (Å²) in [7, 11) is 0. The third-order valence-electron chi connectivity index (χ3n) is 7.27. The molecule has 3 aromatic rings. The van der Waals surface area contributed by atoms with Gasteiger partial charge in [-0.1, -0.05) is 30.3 Å². The Morgan fingerprint density at radius 1 is 0.941 bits per heavy atom. The summed E-state index contributed by atoms with van der Waals surface area (Å²) < 4.78 is 13.2. The van der Waals surface area contributed by atoms with Crippen LogP contribution < -0.4 is 21.7 Å². The SMILES string of the molecule is O=C(OC12CC[N+](CCCOc3ccccc3)(CC1)CC2)C(O)(c1cccs1)c1cccs1.[Br-]. The van der Waals surface area contributed by atoms with Gasteiger partial charge in [-0.15, -0.1) is 22.7 Å². The molecule has 2 bridgehead atoms. The van der Waals surface area contributed by atoms with Crippen LogP contribution in [-0.4, -0.2) is 53.9 Å². The summed E-state index contributed by atoms with van der Waals surface area (Å²) in [4.78, 5) is 14.7. The standard InChI is InChI=1S/C26H30NO4S2.BrH/c28-24(26(29,22-9-4-19-32-22)23-10-5-20-33-23)31-25-11-15-27(16-12-25,17-13-25)14-6-18-30-21-7-2-1-3-8-21;/h1-5,7-10,19-20,29H,6,11-18H2;1H/q+1;/p-1. The molecule has 8 heteroatoms. The molecule has 3 aliphatic heterocycles. The number of hydrogen-bond donors (Lipinski definition) is 1. The van der Waals surface area contributed by atoms with Gasteiger partial charge in [0.1, 0.15) is 11.4 Å². The fraction of sp³-hybridized carbons (Fsp3) is 0.423. The largest absolute Gasteiger partial charge is 1.00 e. The smallest absolute Gasteiger partial charge is 0.349 e. The Balaban J connectivity index is 0.00000274. The number of nitrogens with zero attached hydrogens (tertiary/aromatic N) is 1. The van der Waals surface area contributed by atoms with Crippen molar-refractivity contribution in [3.05, 3.63) is 75.1 Å². The van der Waals surface area contributed by atoms with Gasteiger partial charge in [0.15, 0.2) is 0 Å². The molecule has 3 saturated heterocycles. The molecule has 0 radical (unpaired) electrons. The van der Waals surface area contributed by atoms with Gasteiger partial charge in [0.25, 0.3) is 0 Å². The summed E-state index contributed by atoms with van der Waals surface area (Å²) in [6.07, 6.45) is 3.56. The van der Waals surface area contributed by atoms with Gasteiger partial charge in [-0.05, 0) is 35.0 Å². The molecule has 3 fully saturated rings. The van der Waals surface area contributed by atoms with Gasteiger partial charge in [0, 0.05) is 25.7 Å². The van der Waals surface area contributed by atoms with Crippen LogP contribution in [-0.2, 0) is 15.1 Å². The van der Waals surface area contributed by atoms with Gasteiger partial charge in [-0.2, -0.15) is 0 Å². The first-order chi connectivity index (χ1) is 16.0. The molecule has 3 aliphatic rings. The van der Waals surface area contributed by atoms with Crippen LogP contribution in [0.4, 0.5) is 0 Å². The fourth-order valence-corrected chi connectivity index (χ4v) is 6.90. The lowest BCUT2D eigenvalue weighted by molar-refractivity contribution is -0.944. The molecule has 2 aromatic heterocycles. The maximum atomic E-state index is 13.5. The van der Waals surface area contributed by atoms with Crippen molar-refractivity contribution in [1.29, 1.82) is 0 Å². The molecular formula is C26H30BrNO4S2. The number of carbonyl (C=O) groups excluding carboxylic acids is 1. The van der Waals surface area contributed by atoms with Crippen LogP contribution in [0.5, 0.6) is 5.75 Å². The van der Waals surface area contributed by atoms with E-state index in [9.17, 15) is 9.90 Å². The number of esters is 1. The zero-order chi connectivity index (χ0) is 22.8. The number of benzene rings is 1. The molecule has 1 N–H and O–H groups in total. The average molecular weight is 565 g/mol. The van der Waals surface area contributed by atoms with Crippen LogP contribution in [0.1, 0.15) is 35.4 Å². The Morgan fingerprint density at radius 2 is 1.53 bits per heavy atom. The second-order valence-electron chi connectivity index (χ2n) is 9.24. The van der Waals surface area contributed by atoms with E-state index in [1.807, 2.05) is 65.4 Å². The Bertz CT molecular complexity index is 997. The van der Waals surface area contributed by atoms with E-state index in [1.54, 1.807) is 0 Å². The number of halogens is 1. The molecular weight excluding hydrogens is 534 g/mol. The molecule has 0 unspecified atom stereocenters. The molecule has 0 atom stereocenters. The Labute approximate surface area is 219 Å². The highest BCUT2D eigenvalue weighted by molar-refractivity contribution is 7.12. The molecule has 0 amide bonds. The highest BCUT2D eigenvalue weighted by Crippen LogP contribution is 2.43. The number of hydrogen-bond acceptors (Lipinski definition) is 6. The molecule has 0 saturated carbocycles. The molecule has 5 heterocycles. The first-order valence-electron chi connectivity index (χ1n) is 11.6. The summed E-state index contributed by atoms with van der Waals surface area (Å²) in [5, 5.41) is 15.3. The molecule has 6 rings (SSSR count). The summed E-state index contributed by atoms with van der Waals surface area (Å²) in [5.41, 5.74) is -2.19. The number of rotatable bonds is 9. The lowest BCUT2D eigenvalue weighted by Crippen LogP contribution is -3.00. The lowest BCUT2D eigenvalue weighted by atomic mass is 9.80. The van der Waals surface area contributed by atoms with E-state index in [1.165, 1.54) is 22.7 Å². The van der Waals surface area contributed by atoms with Gasteiger partial charge in [-0.3, -0.25) is 0 Å². The number of fused-ring (bicyclic) bond motifs is 3. The number of aliphatic hydroxyl groups is 1. The minimum Gasteiger partial charge on any atom is -1.00 e. The predicted molar refractivity (Wildman–Crippen MR) is 131 cm³/mol. The zero-order valence-corrected chi connectivity index (χ0v) is 22.2. The fourth-order valence-electron chi connectivity index (χ4n) is 5.19. The van der Waals surface area contributed by atoms with E-state index in [4.69, 9.17) is 9.47 Å². The average Bonchev–Trinajstić information content (AvgIpc) is 3.59. The van der Waals surface area contributed by atoms with E-state index >= 15 is 0 Å². The number of ether oxygens (including phenoxy) is 2. The van der Waals surface area contributed by atoms with Crippen LogP contribution in [0.3, 0.4) is 0 Å². The molecule has 34 heavy (non-hydrogen) atoms. The second kappa shape index (κ2) is 10.5. The summed E-state index contributed by atoms with van der Waals surface area (Å²) in [6, 6.07) is 17.3. The maximum absolute atomic E-state index is 13.5. The molecule has 0 spiro atoms. The van der Waals surface area contributed by atoms with Gasteiger partial charge in [0.05, 0.1) is 42.5 Å². The van der Waals surface area contributed by atoms with Crippen LogP contribution in [0.15, 0.2) is 65.4 Å². The first kappa shape index (κ1) is 25.4. The van der Waals surface area contributed by atoms with Crippen molar-refractivity contribution in [2.75, 3.05) is 32.8 Å². The highest BCUT2D eigenvalue weighted by atomic mass is 79.9. The van der Waals surface area contributed by atoms with Crippen LogP contribution in [0.25, 0.3) is 0 Å². The third kappa shape index (κ3) is 4.97. The van der Waals surface area contributed by atoms with Crippen molar-refractivity contribution in [2.24, 2.45) is 0 Å². The molecule has 1 aromatic carbocycles. The number of piperidine rings is 3. The van der Waals surface area contributed by atoms with Crippen LogP contribution >= 0.6 is 22.7 Å². The summed E-state index contributed by atoms with van der Waals surface area (Å²) in [5.74, 6) is 0.384. The van der Waals surface area contributed by atoms with Gasteiger partial charge >= 0.3 is 5.97 Å².